The van der Waals surface area contributed by atoms with Crippen molar-refractivity contribution in [3.05, 3.63) is 22.2 Å². The molecule has 0 bridgehead atoms. The zero-order chi connectivity index (χ0) is 13.7. The molecule has 0 radical (unpaired) electrons. The first kappa shape index (κ1) is 13.6. The third kappa shape index (κ3) is 3.56. The van der Waals surface area contributed by atoms with Crippen LogP contribution in [0, 0.1) is 16.0 Å². The van der Waals surface area contributed by atoms with E-state index in [4.69, 9.17) is 0 Å². The molecule has 1 aliphatic rings. The fraction of sp³-hybridized carbons (Fsp3) is 0.615. The summed E-state index contributed by atoms with van der Waals surface area (Å²) in [6.07, 6.45) is 4.95. The summed E-state index contributed by atoms with van der Waals surface area (Å²) in [5.41, 5.74) is 0.0373. The molecule has 6 nitrogen and oxygen atoms in total. The molecule has 0 unspecified atom stereocenters. The topological polar surface area (TPSA) is 80.1 Å². The molecule has 1 aromatic rings. The quantitative estimate of drug-likeness (QED) is 0.584. The lowest BCUT2D eigenvalue weighted by atomic mass is 9.83. The minimum Gasteiger partial charge on any atom is -0.370 e. The van der Waals surface area contributed by atoms with E-state index in [2.05, 4.69) is 15.6 Å². The molecule has 19 heavy (non-hydrogen) atoms. The molecule has 0 aliphatic heterocycles. The zero-order valence-electron chi connectivity index (χ0n) is 11.2. The summed E-state index contributed by atoms with van der Waals surface area (Å²) in [4.78, 5) is 14.8. The number of anilines is 2. The third-order valence-corrected chi connectivity index (χ3v) is 3.50. The van der Waals surface area contributed by atoms with Gasteiger partial charge in [-0.25, -0.2) is 4.98 Å². The van der Waals surface area contributed by atoms with Crippen LogP contribution in [0.2, 0.25) is 0 Å². The number of pyridine rings is 1. The lowest BCUT2D eigenvalue weighted by Gasteiger charge is -2.25. The van der Waals surface area contributed by atoms with Crippen LogP contribution in [0.5, 0.6) is 0 Å². The van der Waals surface area contributed by atoms with Gasteiger partial charge in [0.05, 0.1) is 4.92 Å². The van der Waals surface area contributed by atoms with Gasteiger partial charge in [0, 0.05) is 19.2 Å². The second kappa shape index (κ2) is 6.36. The van der Waals surface area contributed by atoms with Crippen LogP contribution in [0.25, 0.3) is 0 Å². The first-order chi connectivity index (χ1) is 9.20. The van der Waals surface area contributed by atoms with E-state index in [-0.39, 0.29) is 5.69 Å². The predicted molar refractivity (Wildman–Crippen MR) is 75.5 cm³/mol. The summed E-state index contributed by atoms with van der Waals surface area (Å²) in [5, 5.41) is 17.1. The first-order valence-corrected chi connectivity index (χ1v) is 6.84. The number of rotatable bonds is 7. The van der Waals surface area contributed by atoms with Crippen molar-refractivity contribution in [2.75, 3.05) is 23.7 Å². The summed E-state index contributed by atoms with van der Waals surface area (Å²) in [7, 11) is 0. The van der Waals surface area contributed by atoms with Gasteiger partial charge in [-0.3, -0.25) is 10.1 Å². The molecule has 1 aromatic heterocycles. The van der Waals surface area contributed by atoms with Gasteiger partial charge in [0.2, 0.25) is 5.82 Å². The van der Waals surface area contributed by atoms with Crippen LogP contribution < -0.4 is 10.6 Å². The maximum atomic E-state index is 11.0. The molecule has 2 rings (SSSR count). The van der Waals surface area contributed by atoms with Crippen molar-refractivity contribution < 1.29 is 4.92 Å². The van der Waals surface area contributed by atoms with Crippen LogP contribution >= 0.6 is 0 Å². The molecule has 1 saturated carbocycles. The second-order valence-electron chi connectivity index (χ2n) is 4.86. The molecule has 0 spiro atoms. The Kier molecular flexibility index (Phi) is 4.54. The molecular formula is C13H20N4O2. The lowest BCUT2D eigenvalue weighted by Crippen LogP contribution is -2.16. The molecule has 0 amide bonds. The Bertz CT molecular complexity index is 446. The maximum Gasteiger partial charge on any atom is 0.311 e. The van der Waals surface area contributed by atoms with Crippen molar-refractivity contribution in [3.8, 4) is 0 Å². The fourth-order valence-electron chi connectivity index (χ4n) is 2.18. The third-order valence-electron chi connectivity index (χ3n) is 3.50. The Labute approximate surface area is 112 Å². The average Bonchev–Trinajstić information content (AvgIpc) is 2.32. The Balaban J connectivity index is 2.00. The molecule has 1 aliphatic carbocycles. The van der Waals surface area contributed by atoms with Crippen molar-refractivity contribution in [1.82, 2.24) is 4.98 Å². The molecule has 0 saturated heterocycles. The van der Waals surface area contributed by atoms with E-state index < -0.39 is 4.92 Å². The highest BCUT2D eigenvalue weighted by molar-refractivity contribution is 5.60. The SMILES string of the molecule is CCNc1ccc([N+](=O)[O-])c(NCCC2CCC2)n1. The number of hydrogen-bond acceptors (Lipinski definition) is 5. The normalized spacial score (nSPS) is 14.8. The van der Waals surface area contributed by atoms with Gasteiger partial charge in [-0.05, 0) is 25.3 Å². The summed E-state index contributed by atoms with van der Waals surface area (Å²) in [6, 6.07) is 3.13. The van der Waals surface area contributed by atoms with E-state index in [0.717, 1.165) is 25.4 Å². The molecule has 6 heteroatoms. The van der Waals surface area contributed by atoms with Gasteiger partial charge in [0.25, 0.3) is 0 Å². The molecule has 104 valence electrons. The van der Waals surface area contributed by atoms with Gasteiger partial charge in [0.15, 0.2) is 0 Å². The Hall–Kier alpha value is -1.85. The summed E-state index contributed by atoms with van der Waals surface area (Å²) < 4.78 is 0. The Morgan fingerprint density at radius 2 is 2.21 bits per heavy atom. The van der Waals surface area contributed by atoms with Gasteiger partial charge >= 0.3 is 5.69 Å². The van der Waals surface area contributed by atoms with Crippen molar-refractivity contribution in [2.24, 2.45) is 5.92 Å². The summed E-state index contributed by atoms with van der Waals surface area (Å²) in [5.74, 6) is 1.81. The molecular weight excluding hydrogens is 244 g/mol. The van der Waals surface area contributed by atoms with E-state index in [1.807, 2.05) is 6.92 Å². The van der Waals surface area contributed by atoms with Gasteiger partial charge < -0.3 is 10.6 Å². The van der Waals surface area contributed by atoms with Gasteiger partial charge in [0.1, 0.15) is 5.82 Å². The smallest absolute Gasteiger partial charge is 0.311 e. The van der Waals surface area contributed by atoms with E-state index >= 15 is 0 Å². The van der Waals surface area contributed by atoms with Crippen LogP contribution in [0.3, 0.4) is 0 Å². The van der Waals surface area contributed by atoms with Crippen LogP contribution in [-0.4, -0.2) is 23.0 Å². The lowest BCUT2D eigenvalue weighted by molar-refractivity contribution is -0.384. The van der Waals surface area contributed by atoms with Crippen molar-refractivity contribution in [3.63, 3.8) is 0 Å². The first-order valence-electron chi connectivity index (χ1n) is 6.84. The monoisotopic (exact) mass is 264 g/mol. The fourth-order valence-corrected chi connectivity index (χ4v) is 2.18. The predicted octanol–water partition coefficient (Wildman–Crippen LogP) is 3.02. The van der Waals surface area contributed by atoms with E-state index in [0.29, 0.717) is 11.6 Å². The van der Waals surface area contributed by atoms with Gasteiger partial charge in [-0.15, -0.1) is 0 Å². The summed E-state index contributed by atoms with van der Waals surface area (Å²) >= 11 is 0. The Morgan fingerprint density at radius 3 is 2.79 bits per heavy atom. The number of nitro groups is 1. The average molecular weight is 264 g/mol. The largest absolute Gasteiger partial charge is 0.370 e. The highest BCUT2D eigenvalue weighted by atomic mass is 16.6. The molecule has 0 atom stereocenters. The van der Waals surface area contributed by atoms with Crippen LogP contribution in [0.1, 0.15) is 32.6 Å². The van der Waals surface area contributed by atoms with Crippen LogP contribution in [-0.2, 0) is 0 Å². The molecule has 2 N–H and O–H groups in total. The second-order valence-corrected chi connectivity index (χ2v) is 4.86. The number of hydrogen-bond donors (Lipinski definition) is 2. The van der Waals surface area contributed by atoms with Crippen LogP contribution in [0.15, 0.2) is 12.1 Å². The number of nitrogens with one attached hydrogen (secondary N) is 2. The van der Waals surface area contributed by atoms with Crippen molar-refractivity contribution in [1.29, 1.82) is 0 Å². The van der Waals surface area contributed by atoms with Crippen molar-refractivity contribution in [2.45, 2.75) is 32.6 Å². The van der Waals surface area contributed by atoms with Gasteiger partial charge in [-0.1, -0.05) is 19.3 Å². The van der Waals surface area contributed by atoms with Crippen molar-refractivity contribution >= 4 is 17.3 Å². The number of aromatic nitrogens is 1. The number of nitrogens with zero attached hydrogens (tertiary/aromatic N) is 2. The standard InChI is InChI=1S/C13H20N4O2/c1-2-14-12-7-6-11(17(18)19)13(16-12)15-9-8-10-4-3-5-10/h6-7,10H,2-5,8-9H2,1H3,(H2,14,15,16). The molecule has 0 aromatic carbocycles. The van der Waals surface area contributed by atoms with E-state index in [1.54, 1.807) is 6.07 Å². The van der Waals surface area contributed by atoms with E-state index in [1.165, 1.54) is 25.3 Å². The molecule has 1 heterocycles. The summed E-state index contributed by atoms with van der Waals surface area (Å²) in [6.45, 7) is 3.45. The maximum absolute atomic E-state index is 11.0. The van der Waals surface area contributed by atoms with Gasteiger partial charge in [-0.2, -0.15) is 0 Å². The Morgan fingerprint density at radius 1 is 1.42 bits per heavy atom. The highest BCUT2D eigenvalue weighted by Gasteiger charge is 2.19. The zero-order valence-corrected chi connectivity index (χ0v) is 11.2. The van der Waals surface area contributed by atoms with Crippen LogP contribution in [0.4, 0.5) is 17.3 Å². The molecule has 1 fully saturated rings. The minimum absolute atomic E-state index is 0.0373. The van der Waals surface area contributed by atoms with E-state index in [9.17, 15) is 10.1 Å². The minimum atomic E-state index is -0.394. The highest BCUT2D eigenvalue weighted by Crippen LogP contribution is 2.30.